The number of nitrogens with zero attached hydrogens (tertiary/aromatic N) is 2. The molecule has 0 atom stereocenters. The molecular weight excluding hydrogens is 234 g/mol. The highest BCUT2D eigenvalue weighted by molar-refractivity contribution is 5.95. The van der Waals surface area contributed by atoms with Gasteiger partial charge in [0.15, 0.2) is 0 Å². The van der Waals surface area contributed by atoms with Crippen molar-refractivity contribution in [2.75, 3.05) is 25.6 Å². The monoisotopic (exact) mass is 246 g/mol. The van der Waals surface area contributed by atoms with Crippen LogP contribution in [0.3, 0.4) is 0 Å². The van der Waals surface area contributed by atoms with Crippen molar-refractivity contribution in [2.45, 2.75) is 0 Å². The molecule has 1 N–H and O–H groups in total. The van der Waals surface area contributed by atoms with Crippen LogP contribution in [0, 0.1) is 0 Å². The van der Waals surface area contributed by atoms with Crippen molar-refractivity contribution in [2.24, 2.45) is 0 Å². The fraction of sp³-hybridized carbons (Fsp3) is 0.250. The Balaban J connectivity index is 2.34. The van der Waals surface area contributed by atoms with E-state index in [4.69, 9.17) is 4.74 Å². The zero-order valence-electron chi connectivity index (χ0n) is 9.84. The zero-order chi connectivity index (χ0) is 13.0. The summed E-state index contributed by atoms with van der Waals surface area (Å²) in [6.07, 6.45) is 1.39. The van der Waals surface area contributed by atoms with Gasteiger partial charge in [-0.2, -0.15) is 0 Å². The predicted octanol–water partition coefficient (Wildman–Crippen LogP) is 0.0516. The number of benzene rings is 1. The first-order valence-electron chi connectivity index (χ1n) is 5.41. The van der Waals surface area contributed by atoms with Gasteiger partial charge in [0, 0.05) is 19.0 Å². The van der Waals surface area contributed by atoms with E-state index in [2.05, 4.69) is 15.3 Å². The first kappa shape index (κ1) is 12.3. The average Bonchev–Trinajstić information content (AvgIpc) is 2.38. The molecule has 0 spiro atoms. The molecule has 18 heavy (non-hydrogen) atoms. The van der Waals surface area contributed by atoms with E-state index in [1.54, 1.807) is 13.2 Å². The van der Waals surface area contributed by atoms with E-state index in [9.17, 15) is 9.90 Å². The zero-order valence-corrected chi connectivity index (χ0v) is 9.84. The number of carbonyl (C=O) groups excluding carboxylic acids is 1. The summed E-state index contributed by atoms with van der Waals surface area (Å²) in [6.45, 7) is 1.17. The van der Waals surface area contributed by atoms with Crippen molar-refractivity contribution in [1.29, 1.82) is 0 Å². The molecule has 0 bridgehead atoms. The Morgan fingerprint density at radius 2 is 2.28 bits per heavy atom. The van der Waals surface area contributed by atoms with Crippen LogP contribution in [0.2, 0.25) is 0 Å². The van der Waals surface area contributed by atoms with Gasteiger partial charge in [-0.15, -0.1) is 0 Å². The molecule has 0 aliphatic heterocycles. The molecule has 0 unspecified atom stereocenters. The quantitative estimate of drug-likeness (QED) is 0.750. The lowest BCUT2D eigenvalue weighted by Crippen LogP contribution is -2.22. The Bertz CT molecular complexity index is 571. The minimum absolute atomic E-state index is 0.101. The van der Waals surface area contributed by atoms with Gasteiger partial charge in [0.25, 0.3) is 0 Å². The van der Waals surface area contributed by atoms with Crippen LogP contribution in [0.1, 0.15) is 10.4 Å². The Hall–Kier alpha value is -2.21. The van der Waals surface area contributed by atoms with Gasteiger partial charge in [0.2, 0.25) is 0 Å². The molecule has 1 aromatic carbocycles. The number of ether oxygens (including phenoxy) is 1. The number of anilines is 1. The first-order valence-corrected chi connectivity index (χ1v) is 5.41. The third-order valence-electron chi connectivity index (χ3n) is 2.47. The number of fused-ring (bicyclic) bond motifs is 1. The largest absolute Gasteiger partial charge is 0.545 e. The van der Waals surface area contributed by atoms with E-state index in [0.717, 1.165) is 5.39 Å². The van der Waals surface area contributed by atoms with E-state index < -0.39 is 5.97 Å². The van der Waals surface area contributed by atoms with Crippen molar-refractivity contribution >= 4 is 22.7 Å². The average molecular weight is 246 g/mol. The second kappa shape index (κ2) is 5.42. The van der Waals surface area contributed by atoms with Crippen molar-refractivity contribution < 1.29 is 14.6 Å². The van der Waals surface area contributed by atoms with Gasteiger partial charge in [-0.3, -0.25) is 0 Å². The molecule has 6 nitrogen and oxygen atoms in total. The maximum atomic E-state index is 10.8. The number of carboxylic acids is 1. The van der Waals surface area contributed by atoms with Gasteiger partial charge in [0.1, 0.15) is 12.1 Å². The van der Waals surface area contributed by atoms with Crippen molar-refractivity contribution in [3.8, 4) is 0 Å². The number of methoxy groups -OCH3 is 1. The minimum Gasteiger partial charge on any atom is -0.545 e. The summed E-state index contributed by atoms with van der Waals surface area (Å²) in [5, 5.41) is 14.6. The topological polar surface area (TPSA) is 87.2 Å². The van der Waals surface area contributed by atoms with Crippen LogP contribution in [-0.2, 0) is 4.74 Å². The summed E-state index contributed by atoms with van der Waals surface area (Å²) in [4.78, 5) is 18.9. The minimum atomic E-state index is -1.22. The molecule has 0 aliphatic carbocycles. The molecular formula is C12H12N3O3-. The van der Waals surface area contributed by atoms with E-state index in [1.807, 2.05) is 0 Å². The van der Waals surface area contributed by atoms with Gasteiger partial charge in [-0.25, -0.2) is 9.97 Å². The number of hydrogen-bond donors (Lipinski definition) is 1. The molecule has 0 fully saturated rings. The molecule has 0 saturated carbocycles. The van der Waals surface area contributed by atoms with Crippen LogP contribution in [0.4, 0.5) is 5.82 Å². The number of nitrogens with one attached hydrogen (secondary N) is 1. The van der Waals surface area contributed by atoms with E-state index >= 15 is 0 Å². The molecule has 2 aromatic rings. The molecule has 0 aliphatic rings. The lowest BCUT2D eigenvalue weighted by molar-refractivity contribution is -0.255. The summed E-state index contributed by atoms with van der Waals surface area (Å²) in [5.41, 5.74) is 0.663. The number of carboxylic acid groups (broad SMARTS) is 1. The molecule has 6 heteroatoms. The lowest BCUT2D eigenvalue weighted by atomic mass is 10.1. The van der Waals surface area contributed by atoms with Gasteiger partial charge in [-0.05, 0) is 17.7 Å². The van der Waals surface area contributed by atoms with Crippen LogP contribution in [-0.4, -0.2) is 36.2 Å². The second-order valence-corrected chi connectivity index (χ2v) is 3.66. The highest BCUT2D eigenvalue weighted by Gasteiger charge is 2.04. The van der Waals surface area contributed by atoms with E-state index in [-0.39, 0.29) is 5.56 Å². The SMILES string of the molecule is COCCNc1ncnc2cc(C(=O)[O-])ccc12. The summed E-state index contributed by atoms with van der Waals surface area (Å²) in [5.74, 6) is -0.564. The lowest BCUT2D eigenvalue weighted by Gasteiger charge is -2.09. The number of hydrogen-bond acceptors (Lipinski definition) is 6. The number of aromatic carboxylic acids is 1. The smallest absolute Gasteiger partial charge is 0.137 e. The Kier molecular flexibility index (Phi) is 3.69. The highest BCUT2D eigenvalue weighted by atomic mass is 16.5. The summed E-state index contributed by atoms with van der Waals surface area (Å²) >= 11 is 0. The van der Waals surface area contributed by atoms with Crippen LogP contribution in [0.25, 0.3) is 10.9 Å². The van der Waals surface area contributed by atoms with Crippen LogP contribution >= 0.6 is 0 Å². The Morgan fingerprint density at radius 3 is 3.00 bits per heavy atom. The molecule has 1 aromatic heterocycles. The van der Waals surface area contributed by atoms with Gasteiger partial charge < -0.3 is 20.0 Å². The summed E-state index contributed by atoms with van der Waals surface area (Å²) in [6, 6.07) is 4.60. The molecule has 94 valence electrons. The van der Waals surface area contributed by atoms with Crippen molar-refractivity contribution in [3.63, 3.8) is 0 Å². The van der Waals surface area contributed by atoms with Crippen LogP contribution < -0.4 is 10.4 Å². The second-order valence-electron chi connectivity index (χ2n) is 3.66. The number of aromatic nitrogens is 2. The van der Waals surface area contributed by atoms with Crippen molar-refractivity contribution in [3.05, 3.63) is 30.1 Å². The summed E-state index contributed by atoms with van der Waals surface area (Å²) < 4.78 is 4.93. The maximum absolute atomic E-state index is 10.8. The first-order chi connectivity index (χ1) is 8.72. The Morgan fingerprint density at radius 1 is 1.44 bits per heavy atom. The molecule has 1 heterocycles. The summed E-state index contributed by atoms with van der Waals surface area (Å²) in [7, 11) is 1.62. The highest BCUT2D eigenvalue weighted by Crippen LogP contribution is 2.19. The Labute approximate surface area is 104 Å². The van der Waals surface area contributed by atoms with Gasteiger partial charge >= 0.3 is 0 Å². The van der Waals surface area contributed by atoms with Crippen LogP contribution in [0.5, 0.6) is 0 Å². The molecule has 2 rings (SSSR count). The standard InChI is InChI=1S/C12H13N3O3/c1-18-5-4-13-11-9-3-2-8(12(16)17)6-10(9)14-7-15-11/h2-3,6-7H,4-5H2,1H3,(H,16,17)(H,13,14,15)/p-1. The third kappa shape index (κ3) is 2.54. The van der Waals surface area contributed by atoms with Crippen molar-refractivity contribution in [1.82, 2.24) is 9.97 Å². The maximum Gasteiger partial charge on any atom is 0.137 e. The number of rotatable bonds is 5. The van der Waals surface area contributed by atoms with E-state index in [1.165, 1.54) is 18.5 Å². The third-order valence-corrected chi connectivity index (χ3v) is 2.47. The van der Waals surface area contributed by atoms with Gasteiger partial charge in [0.05, 0.1) is 18.1 Å². The fourth-order valence-corrected chi connectivity index (χ4v) is 1.60. The predicted molar refractivity (Wildman–Crippen MR) is 64.2 cm³/mol. The molecule has 0 saturated heterocycles. The molecule has 0 radical (unpaired) electrons. The fourth-order valence-electron chi connectivity index (χ4n) is 1.60. The normalized spacial score (nSPS) is 10.5. The van der Waals surface area contributed by atoms with Crippen LogP contribution in [0.15, 0.2) is 24.5 Å². The van der Waals surface area contributed by atoms with Gasteiger partial charge in [-0.1, -0.05) is 6.07 Å². The molecule has 0 amide bonds. The number of carbonyl (C=O) groups is 1. The van der Waals surface area contributed by atoms with E-state index in [0.29, 0.717) is 24.5 Å².